The molecule has 4 aromatic rings. The Morgan fingerprint density at radius 1 is 0.815 bits per heavy atom. The molecule has 0 fully saturated rings. The maximum Gasteiger partial charge on any atom is 0.0592 e. The highest BCUT2D eigenvalue weighted by atomic mass is 32.1. The zero-order valence-corrected chi connectivity index (χ0v) is 17.7. The topological polar surface area (TPSA) is 3.24 Å². The number of fused-ring (bicyclic) bond motifs is 3. The SMILES string of the molecule is CCc1ccc(N(C)c2cccc3c2sc2c(C(C)(C)C)cccc23)cc1. The molecule has 0 amide bonds. The molecule has 0 saturated heterocycles. The van der Waals surface area contributed by atoms with Gasteiger partial charge in [0, 0.05) is 28.2 Å². The fraction of sp³-hybridized carbons (Fsp3) is 0.280. The van der Waals surface area contributed by atoms with Crippen molar-refractivity contribution in [1.82, 2.24) is 0 Å². The van der Waals surface area contributed by atoms with Crippen molar-refractivity contribution in [3.8, 4) is 0 Å². The zero-order chi connectivity index (χ0) is 19.2. The minimum atomic E-state index is 0.141. The first-order valence-corrected chi connectivity index (χ1v) is 10.5. The molecule has 1 nitrogen and oxygen atoms in total. The van der Waals surface area contributed by atoms with Gasteiger partial charge in [0.25, 0.3) is 0 Å². The Kier molecular flexibility index (Phi) is 4.47. The van der Waals surface area contributed by atoms with E-state index >= 15 is 0 Å². The van der Waals surface area contributed by atoms with E-state index in [1.54, 1.807) is 0 Å². The average molecular weight is 374 g/mol. The molecule has 138 valence electrons. The minimum absolute atomic E-state index is 0.141. The van der Waals surface area contributed by atoms with Crippen LogP contribution in [0.3, 0.4) is 0 Å². The first-order valence-electron chi connectivity index (χ1n) is 9.67. The summed E-state index contributed by atoms with van der Waals surface area (Å²) in [6.45, 7) is 9.10. The van der Waals surface area contributed by atoms with Gasteiger partial charge >= 0.3 is 0 Å². The molecule has 1 aromatic heterocycles. The number of aryl methyl sites for hydroxylation is 1. The van der Waals surface area contributed by atoms with E-state index in [1.807, 2.05) is 11.3 Å². The molecular weight excluding hydrogens is 346 g/mol. The van der Waals surface area contributed by atoms with Crippen molar-refractivity contribution in [2.24, 2.45) is 0 Å². The highest BCUT2D eigenvalue weighted by molar-refractivity contribution is 7.26. The summed E-state index contributed by atoms with van der Waals surface area (Å²) in [5, 5.41) is 2.73. The Bertz CT molecular complexity index is 1100. The van der Waals surface area contributed by atoms with E-state index < -0.39 is 0 Å². The summed E-state index contributed by atoms with van der Waals surface area (Å²) in [6, 6.07) is 22.4. The van der Waals surface area contributed by atoms with Crippen molar-refractivity contribution in [2.45, 2.75) is 39.5 Å². The monoisotopic (exact) mass is 373 g/mol. The van der Waals surface area contributed by atoms with Crippen LogP contribution in [0.4, 0.5) is 11.4 Å². The van der Waals surface area contributed by atoms with E-state index in [4.69, 9.17) is 0 Å². The summed E-state index contributed by atoms with van der Waals surface area (Å²) in [7, 11) is 2.17. The van der Waals surface area contributed by atoms with Gasteiger partial charge in [0.2, 0.25) is 0 Å². The van der Waals surface area contributed by atoms with Crippen molar-refractivity contribution in [1.29, 1.82) is 0 Å². The van der Waals surface area contributed by atoms with Crippen LogP contribution in [-0.2, 0) is 11.8 Å². The quantitative estimate of drug-likeness (QED) is 0.356. The Morgan fingerprint density at radius 3 is 2.07 bits per heavy atom. The van der Waals surface area contributed by atoms with Gasteiger partial charge in [-0.15, -0.1) is 11.3 Å². The van der Waals surface area contributed by atoms with E-state index in [0.717, 1.165) is 6.42 Å². The molecule has 0 bridgehead atoms. The summed E-state index contributed by atoms with van der Waals surface area (Å²) in [5.41, 5.74) is 5.46. The predicted molar refractivity (Wildman–Crippen MR) is 122 cm³/mol. The van der Waals surface area contributed by atoms with Gasteiger partial charge < -0.3 is 4.90 Å². The number of thiophene rings is 1. The first-order chi connectivity index (χ1) is 12.9. The summed E-state index contributed by atoms with van der Waals surface area (Å²) in [5.74, 6) is 0. The van der Waals surface area contributed by atoms with Gasteiger partial charge in [-0.2, -0.15) is 0 Å². The molecule has 0 aliphatic rings. The van der Waals surface area contributed by atoms with E-state index in [-0.39, 0.29) is 5.41 Å². The number of anilines is 2. The molecule has 3 aromatic carbocycles. The molecule has 1 heterocycles. The third-order valence-electron chi connectivity index (χ3n) is 5.40. The van der Waals surface area contributed by atoms with Crippen molar-refractivity contribution >= 4 is 42.9 Å². The Morgan fingerprint density at radius 2 is 1.44 bits per heavy atom. The lowest BCUT2D eigenvalue weighted by atomic mass is 9.86. The maximum atomic E-state index is 2.31. The van der Waals surface area contributed by atoms with Crippen LogP contribution in [0.15, 0.2) is 60.7 Å². The second-order valence-electron chi connectivity index (χ2n) is 8.27. The van der Waals surface area contributed by atoms with Gasteiger partial charge in [-0.05, 0) is 41.2 Å². The zero-order valence-electron chi connectivity index (χ0n) is 16.8. The van der Waals surface area contributed by atoms with Crippen LogP contribution in [0.25, 0.3) is 20.2 Å². The normalized spacial score (nSPS) is 12.0. The summed E-state index contributed by atoms with van der Waals surface area (Å²) in [4.78, 5) is 2.31. The van der Waals surface area contributed by atoms with Gasteiger partial charge in [0.05, 0.1) is 10.4 Å². The third kappa shape index (κ3) is 3.12. The van der Waals surface area contributed by atoms with Crippen LogP contribution in [0.5, 0.6) is 0 Å². The molecule has 27 heavy (non-hydrogen) atoms. The number of hydrogen-bond acceptors (Lipinski definition) is 2. The number of nitrogens with zero attached hydrogens (tertiary/aromatic N) is 1. The molecule has 0 atom stereocenters. The molecular formula is C25H27NS. The molecule has 0 aliphatic carbocycles. The summed E-state index contributed by atoms with van der Waals surface area (Å²) >= 11 is 1.93. The van der Waals surface area contributed by atoms with Gasteiger partial charge in [0.1, 0.15) is 0 Å². The second-order valence-corrected chi connectivity index (χ2v) is 9.29. The Balaban J connectivity index is 1.91. The highest BCUT2D eigenvalue weighted by Crippen LogP contribution is 2.44. The second kappa shape index (κ2) is 6.69. The smallest absolute Gasteiger partial charge is 0.0592 e. The lowest BCUT2D eigenvalue weighted by Gasteiger charge is -2.20. The molecule has 0 N–H and O–H groups in total. The Labute approximate surface area is 166 Å². The standard InChI is InChI=1S/C25H27NS/c1-6-17-13-15-18(16-14-17)26(5)22-12-8-10-20-19-9-7-11-21(25(2,3)4)23(19)27-24(20)22/h7-16H,6H2,1-5H3. The number of benzene rings is 3. The van der Waals surface area contributed by atoms with Crippen LogP contribution in [-0.4, -0.2) is 7.05 Å². The fourth-order valence-corrected chi connectivity index (χ4v) is 5.33. The predicted octanol–water partition coefficient (Wildman–Crippen LogP) is 7.68. The van der Waals surface area contributed by atoms with Crippen LogP contribution < -0.4 is 4.90 Å². The molecule has 0 unspecified atom stereocenters. The highest BCUT2D eigenvalue weighted by Gasteiger charge is 2.20. The van der Waals surface area contributed by atoms with Gasteiger partial charge in [-0.25, -0.2) is 0 Å². The van der Waals surface area contributed by atoms with E-state index in [1.165, 1.54) is 42.7 Å². The number of rotatable bonds is 3. The van der Waals surface area contributed by atoms with Gasteiger partial charge in [-0.3, -0.25) is 0 Å². The minimum Gasteiger partial charge on any atom is -0.343 e. The molecule has 0 spiro atoms. The van der Waals surface area contributed by atoms with Crippen molar-refractivity contribution in [3.63, 3.8) is 0 Å². The van der Waals surface area contributed by atoms with E-state index in [9.17, 15) is 0 Å². The van der Waals surface area contributed by atoms with Crippen LogP contribution in [0.1, 0.15) is 38.8 Å². The molecule has 0 aliphatic heterocycles. The number of hydrogen-bond donors (Lipinski definition) is 0. The molecule has 2 heteroatoms. The van der Waals surface area contributed by atoms with Crippen molar-refractivity contribution in [2.75, 3.05) is 11.9 Å². The maximum absolute atomic E-state index is 2.31. The van der Waals surface area contributed by atoms with Crippen molar-refractivity contribution in [3.05, 3.63) is 71.8 Å². The van der Waals surface area contributed by atoms with Crippen LogP contribution in [0.2, 0.25) is 0 Å². The largest absolute Gasteiger partial charge is 0.343 e. The summed E-state index contributed by atoms with van der Waals surface area (Å²) < 4.78 is 2.79. The molecule has 0 saturated carbocycles. The third-order valence-corrected chi connectivity index (χ3v) is 6.68. The van der Waals surface area contributed by atoms with Gasteiger partial charge in [0.15, 0.2) is 0 Å². The van der Waals surface area contributed by atoms with Crippen molar-refractivity contribution < 1.29 is 0 Å². The lowest BCUT2D eigenvalue weighted by Crippen LogP contribution is -2.10. The average Bonchev–Trinajstić information content (AvgIpc) is 3.05. The van der Waals surface area contributed by atoms with E-state index in [0.29, 0.717) is 0 Å². The lowest BCUT2D eigenvalue weighted by molar-refractivity contribution is 0.597. The fourth-order valence-electron chi connectivity index (χ4n) is 3.75. The van der Waals surface area contributed by atoms with E-state index in [2.05, 4.69) is 100 Å². The molecule has 0 radical (unpaired) electrons. The van der Waals surface area contributed by atoms with Gasteiger partial charge in [-0.1, -0.05) is 70.2 Å². The Hall–Kier alpha value is -2.32. The first kappa shape index (κ1) is 18.1. The van der Waals surface area contributed by atoms with Crippen LogP contribution >= 0.6 is 11.3 Å². The summed E-state index contributed by atoms with van der Waals surface area (Å²) in [6.07, 6.45) is 1.07. The van der Waals surface area contributed by atoms with Crippen LogP contribution in [0, 0.1) is 0 Å². The molecule has 4 rings (SSSR count).